The summed E-state index contributed by atoms with van der Waals surface area (Å²) in [5, 5.41) is 6.77. The number of carbonyl (C=O) groups excluding carboxylic acids is 1. The van der Waals surface area contributed by atoms with Crippen LogP contribution in [0.4, 0.5) is 16.2 Å². The van der Waals surface area contributed by atoms with Gasteiger partial charge >= 0.3 is 6.03 Å². The van der Waals surface area contributed by atoms with Gasteiger partial charge in [-0.1, -0.05) is 11.6 Å². The van der Waals surface area contributed by atoms with Crippen molar-refractivity contribution in [2.45, 2.75) is 50.2 Å². The molecule has 27 heavy (non-hydrogen) atoms. The van der Waals surface area contributed by atoms with Crippen molar-refractivity contribution in [2.75, 3.05) is 43.1 Å². The second kappa shape index (κ2) is 8.25. The summed E-state index contributed by atoms with van der Waals surface area (Å²) in [6, 6.07) is 5.63. The number of amides is 2. The van der Waals surface area contributed by atoms with Crippen molar-refractivity contribution in [2.24, 2.45) is 0 Å². The summed E-state index contributed by atoms with van der Waals surface area (Å²) in [7, 11) is 0. The lowest BCUT2D eigenvalue weighted by atomic mass is 9.90. The number of benzene rings is 1. The zero-order valence-corrected chi connectivity index (χ0v) is 16.4. The molecule has 3 aliphatic rings. The molecule has 3 heterocycles. The number of nitrogens with zero attached hydrogens (tertiary/aromatic N) is 1. The van der Waals surface area contributed by atoms with E-state index in [0.29, 0.717) is 18.2 Å². The molecule has 3 aliphatic heterocycles. The van der Waals surface area contributed by atoms with E-state index in [1.807, 2.05) is 18.2 Å². The van der Waals surface area contributed by atoms with Crippen LogP contribution in [0, 0.1) is 0 Å². The first-order valence-electron chi connectivity index (χ1n) is 9.97. The number of nitrogens with one attached hydrogen (secondary N) is 2. The molecule has 2 N–H and O–H groups in total. The van der Waals surface area contributed by atoms with Crippen molar-refractivity contribution < 1.29 is 14.3 Å². The molecule has 2 atom stereocenters. The van der Waals surface area contributed by atoms with Crippen LogP contribution in [0.1, 0.15) is 38.5 Å². The molecule has 1 aromatic carbocycles. The Labute approximate surface area is 165 Å². The van der Waals surface area contributed by atoms with E-state index in [4.69, 9.17) is 21.1 Å². The average molecular weight is 394 g/mol. The summed E-state index contributed by atoms with van der Waals surface area (Å²) in [6.07, 6.45) is 6.16. The van der Waals surface area contributed by atoms with E-state index in [1.54, 1.807) is 0 Å². The molecule has 0 saturated carbocycles. The van der Waals surface area contributed by atoms with Crippen LogP contribution < -0.4 is 15.5 Å². The molecule has 0 aromatic heterocycles. The molecule has 7 heteroatoms. The van der Waals surface area contributed by atoms with E-state index < -0.39 is 0 Å². The van der Waals surface area contributed by atoms with Gasteiger partial charge in [-0.25, -0.2) is 4.79 Å². The van der Waals surface area contributed by atoms with Crippen LogP contribution in [-0.4, -0.2) is 50.6 Å². The minimum Gasteiger partial charge on any atom is -0.378 e. The van der Waals surface area contributed by atoms with Crippen molar-refractivity contribution >= 4 is 29.0 Å². The molecule has 0 unspecified atom stereocenters. The molecule has 4 rings (SSSR count). The highest BCUT2D eigenvalue weighted by Gasteiger charge is 2.41. The fourth-order valence-corrected chi connectivity index (χ4v) is 4.55. The molecular weight excluding hydrogens is 366 g/mol. The Bertz CT molecular complexity index is 672. The number of hydrogen-bond donors (Lipinski definition) is 2. The van der Waals surface area contributed by atoms with Crippen LogP contribution in [0.3, 0.4) is 0 Å². The van der Waals surface area contributed by atoms with Gasteiger partial charge in [0.15, 0.2) is 0 Å². The number of urea groups is 1. The lowest BCUT2D eigenvalue weighted by Gasteiger charge is -2.37. The summed E-state index contributed by atoms with van der Waals surface area (Å²) >= 11 is 6.19. The van der Waals surface area contributed by atoms with Crippen LogP contribution in [0.5, 0.6) is 0 Å². The Morgan fingerprint density at radius 2 is 2.07 bits per heavy atom. The van der Waals surface area contributed by atoms with Crippen molar-refractivity contribution in [3.05, 3.63) is 23.2 Å². The highest BCUT2D eigenvalue weighted by atomic mass is 35.5. The summed E-state index contributed by atoms with van der Waals surface area (Å²) in [5.74, 6) is 0. The summed E-state index contributed by atoms with van der Waals surface area (Å²) in [5.41, 5.74) is 1.60. The van der Waals surface area contributed by atoms with Gasteiger partial charge in [-0.3, -0.25) is 0 Å². The van der Waals surface area contributed by atoms with Gasteiger partial charge in [-0.05, 0) is 50.3 Å². The summed E-state index contributed by atoms with van der Waals surface area (Å²) in [4.78, 5) is 15.0. The van der Waals surface area contributed by atoms with Gasteiger partial charge < -0.3 is 25.0 Å². The fraction of sp³-hybridized carbons (Fsp3) is 0.650. The smallest absolute Gasteiger partial charge is 0.319 e. The number of anilines is 2. The Hall–Kier alpha value is -1.50. The molecule has 0 radical (unpaired) electrons. The van der Waals surface area contributed by atoms with E-state index in [2.05, 4.69) is 15.5 Å². The lowest BCUT2D eigenvalue weighted by Crippen LogP contribution is -2.50. The van der Waals surface area contributed by atoms with Gasteiger partial charge in [-0.15, -0.1) is 0 Å². The molecule has 3 fully saturated rings. The average Bonchev–Trinajstić information content (AvgIpc) is 3.10. The topological polar surface area (TPSA) is 62.8 Å². The normalized spacial score (nSPS) is 28.3. The Morgan fingerprint density at radius 1 is 1.22 bits per heavy atom. The molecule has 0 aliphatic carbocycles. The van der Waals surface area contributed by atoms with Crippen molar-refractivity contribution in [1.82, 2.24) is 5.32 Å². The maximum Gasteiger partial charge on any atom is 0.319 e. The molecule has 3 saturated heterocycles. The van der Waals surface area contributed by atoms with Crippen molar-refractivity contribution in [3.63, 3.8) is 0 Å². The number of hydrogen-bond acceptors (Lipinski definition) is 4. The first-order chi connectivity index (χ1) is 13.1. The minimum absolute atomic E-state index is 0.0954. The number of piperidine rings is 1. The molecule has 1 aromatic rings. The van der Waals surface area contributed by atoms with Crippen LogP contribution in [0.15, 0.2) is 18.2 Å². The summed E-state index contributed by atoms with van der Waals surface area (Å²) in [6.45, 7) is 4.05. The minimum atomic E-state index is -0.217. The second-order valence-electron chi connectivity index (χ2n) is 7.83. The first-order valence-corrected chi connectivity index (χ1v) is 10.4. The quantitative estimate of drug-likeness (QED) is 0.820. The third kappa shape index (κ3) is 4.50. The van der Waals surface area contributed by atoms with Crippen LogP contribution in [0.25, 0.3) is 0 Å². The van der Waals surface area contributed by atoms with Crippen molar-refractivity contribution in [1.29, 1.82) is 0 Å². The van der Waals surface area contributed by atoms with Gasteiger partial charge in [0.05, 0.1) is 23.6 Å². The van der Waals surface area contributed by atoms with Crippen LogP contribution in [-0.2, 0) is 9.47 Å². The monoisotopic (exact) mass is 393 g/mol. The number of ether oxygens (including phenoxy) is 2. The van der Waals surface area contributed by atoms with E-state index in [-0.39, 0.29) is 17.7 Å². The van der Waals surface area contributed by atoms with E-state index >= 15 is 0 Å². The lowest BCUT2D eigenvalue weighted by molar-refractivity contribution is -0.0877. The van der Waals surface area contributed by atoms with E-state index in [9.17, 15) is 4.79 Å². The SMILES string of the molecule is O=C(Nc1cc(Cl)ccc1N1CCCCC1)N[C@@H]1CCO[C@]2(CCOC2)C1. The highest BCUT2D eigenvalue weighted by Crippen LogP contribution is 2.34. The largest absolute Gasteiger partial charge is 0.378 e. The van der Waals surface area contributed by atoms with Crippen LogP contribution in [0.2, 0.25) is 5.02 Å². The van der Waals surface area contributed by atoms with Gasteiger partial charge in [0, 0.05) is 43.8 Å². The number of rotatable bonds is 3. The maximum absolute atomic E-state index is 12.7. The van der Waals surface area contributed by atoms with E-state index in [1.165, 1.54) is 19.3 Å². The Morgan fingerprint density at radius 3 is 2.85 bits per heavy atom. The first kappa shape index (κ1) is 18.8. The molecule has 0 bridgehead atoms. The van der Waals surface area contributed by atoms with Crippen molar-refractivity contribution in [3.8, 4) is 0 Å². The Balaban J connectivity index is 1.41. The number of carbonyl (C=O) groups is 1. The predicted molar refractivity (Wildman–Crippen MR) is 107 cm³/mol. The van der Waals surface area contributed by atoms with Gasteiger partial charge in [0.2, 0.25) is 0 Å². The van der Waals surface area contributed by atoms with E-state index in [0.717, 1.165) is 50.3 Å². The predicted octanol–water partition coefficient (Wildman–Crippen LogP) is 3.79. The molecule has 1 spiro atoms. The zero-order valence-electron chi connectivity index (χ0n) is 15.6. The van der Waals surface area contributed by atoms with Gasteiger partial charge in [0.1, 0.15) is 0 Å². The summed E-state index contributed by atoms with van der Waals surface area (Å²) < 4.78 is 11.5. The Kier molecular flexibility index (Phi) is 5.76. The fourth-order valence-electron chi connectivity index (χ4n) is 4.38. The molecule has 6 nitrogen and oxygen atoms in total. The highest BCUT2D eigenvalue weighted by molar-refractivity contribution is 6.31. The standard InChI is InChI=1S/C20H28ClN3O3/c21-15-4-5-18(24-8-2-1-3-9-24)17(12-15)23-19(25)22-16-6-10-27-20(13-16)7-11-26-14-20/h4-5,12,16H,1-3,6-11,13-14H2,(H2,22,23,25)/t16-,20-/m1/s1. The molecule has 2 amide bonds. The third-order valence-corrected chi connectivity index (χ3v) is 6.03. The third-order valence-electron chi connectivity index (χ3n) is 5.80. The molecular formula is C20H28ClN3O3. The number of halogens is 1. The van der Waals surface area contributed by atoms with Gasteiger partial charge in [-0.2, -0.15) is 0 Å². The van der Waals surface area contributed by atoms with Crippen LogP contribution >= 0.6 is 11.6 Å². The molecule has 148 valence electrons. The zero-order chi connectivity index (χ0) is 18.7. The maximum atomic E-state index is 12.7. The van der Waals surface area contributed by atoms with Gasteiger partial charge in [0.25, 0.3) is 0 Å². The second-order valence-corrected chi connectivity index (χ2v) is 8.27.